The Kier molecular flexibility index (Phi) is 2.67. The van der Waals surface area contributed by atoms with Crippen LogP contribution in [0.1, 0.15) is 11.1 Å². The number of hydrogen-bond donors (Lipinski definition) is 1. The molecule has 0 radical (unpaired) electrons. The molecule has 0 saturated heterocycles. The molecule has 0 aliphatic rings. The Balaban J connectivity index is 3.32. The number of hydrogen-bond acceptors (Lipinski definition) is 4. The molecular formula is C9H9N3O2. The highest BCUT2D eigenvalue weighted by Gasteiger charge is 2.14. The number of rotatable bonds is 2. The second-order valence-electron chi connectivity index (χ2n) is 2.95. The van der Waals surface area contributed by atoms with E-state index in [-0.39, 0.29) is 11.4 Å². The summed E-state index contributed by atoms with van der Waals surface area (Å²) in [5.74, 6) is 0. The molecule has 0 atom stereocenters. The van der Waals surface area contributed by atoms with E-state index in [4.69, 9.17) is 5.26 Å². The fourth-order valence-electron chi connectivity index (χ4n) is 1.11. The van der Waals surface area contributed by atoms with Crippen molar-refractivity contribution < 1.29 is 4.92 Å². The van der Waals surface area contributed by atoms with Crippen molar-refractivity contribution in [3.8, 4) is 6.19 Å². The van der Waals surface area contributed by atoms with E-state index in [1.54, 1.807) is 19.2 Å². The van der Waals surface area contributed by atoms with Crippen LogP contribution in [0.5, 0.6) is 0 Å². The fraction of sp³-hybridized carbons (Fsp3) is 0.222. The minimum absolute atomic E-state index is 0.0744. The Labute approximate surface area is 81.1 Å². The molecule has 0 spiro atoms. The lowest BCUT2D eigenvalue weighted by Gasteiger charge is -2.04. The van der Waals surface area contributed by atoms with Crippen molar-refractivity contribution in [3.05, 3.63) is 33.4 Å². The topological polar surface area (TPSA) is 79.0 Å². The fourth-order valence-corrected chi connectivity index (χ4v) is 1.11. The van der Waals surface area contributed by atoms with E-state index in [1.165, 1.54) is 6.07 Å². The Morgan fingerprint density at radius 1 is 1.43 bits per heavy atom. The van der Waals surface area contributed by atoms with Gasteiger partial charge in [-0.2, -0.15) is 5.26 Å². The third-order valence-corrected chi connectivity index (χ3v) is 2.00. The minimum Gasteiger partial charge on any atom is -0.287 e. The highest BCUT2D eigenvalue weighted by atomic mass is 16.6. The third kappa shape index (κ3) is 1.80. The smallest absolute Gasteiger partial charge is 0.287 e. The Bertz CT molecular complexity index is 421. The molecule has 1 aromatic carbocycles. The maximum atomic E-state index is 10.6. The molecule has 0 fully saturated rings. The van der Waals surface area contributed by atoms with Gasteiger partial charge in [0.05, 0.1) is 4.92 Å². The quantitative estimate of drug-likeness (QED) is 0.336. The van der Waals surface area contributed by atoms with Crippen LogP contribution in [-0.4, -0.2) is 4.92 Å². The minimum atomic E-state index is -0.508. The number of nitro benzene ring substituents is 1. The largest absolute Gasteiger partial charge is 0.293 e. The van der Waals surface area contributed by atoms with Crippen LogP contribution >= 0.6 is 0 Å². The summed E-state index contributed by atoms with van der Waals surface area (Å²) >= 11 is 0. The van der Waals surface area contributed by atoms with Gasteiger partial charge < -0.3 is 0 Å². The van der Waals surface area contributed by atoms with Crippen LogP contribution in [0.3, 0.4) is 0 Å². The number of nitrogens with zero attached hydrogens (tertiary/aromatic N) is 2. The summed E-state index contributed by atoms with van der Waals surface area (Å²) in [5.41, 5.74) is 1.91. The zero-order valence-corrected chi connectivity index (χ0v) is 7.87. The number of benzene rings is 1. The molecule has 0 amide bonds. The normalized spacial score (nSPS) is 9.21. The third-order valence-electron chi connectivity index (χ3n) is 2.00. The van der Waals surface area contributed by atoms with Crippen molar-refractivity contribution in [2.24, 2.45) is 0 Å². The summed E-state index contributed by atoms with van der Waals surface area (Å²) in [7, 11) is 0. The molecule has 0 aliphatic carbocycles. The first-order valence-electron chi connectivity index (χ1n) is 3.97. The van der Waals surface area contributed by atoms with Crippen LogP contribution < -0.4 is 5.32 Å². The van der Waals surface area contributed by atoms with Gasteiger partial charge in [-0.1, -0.05) is 0 Å². The number of anilines is 1. The number of nitro groups is 1. The molecule has 0 unspecified atom stereocenters. The molecular weight excluding hydrogens is 182 g/mol. The average Bonchev–Trinajstić information content (AvgIpc) is 2.11. The van der Waals surface area contributed by atoms with E-state index in [2.05, 4.69) is 5.32 Å². The monoisotopic (exact) mass is 191 g/mol. The zero-order chi connectivity index (χ0) is 10.7. The molecule has 1 N–H and O–H groups in total. The summed E-state index contributed by atoms with van der Waals surface area (Å²) in [6, 6.07) is 3.05. The van der Waals surface area contributed by atoms with Gasteiger partial charge in [-0.05, 0) is 31.0 Å². The van der Waals surface area contributed by atoms with Gasteiger partial charge in [0.15, 0.2) is 6.19 Å². The molecule has 5 nitrogen and oxygen atoms in total. The molecule has 1 aromatic rings. The zero-order valence-electron chi connectivity index (χ0n) is 7.87. The number of nitrogens with one attached hydrogen (secondary N) is 1. The lowest BCUT2D eigenvalue weighted by atomic mass is 10.1. The Morgan fingerprint density at radius 3 is 2.50 bits per heavy atom. The van der Waals surface area contributed by atoms with Crippen molar-refractivity contribution in [1.29, 1.82) is 5.26 Å². The van der Waals surface area contributed by atoms with Gasteiger partial charge >= 0.3 is 0 Å². The van der Waals surface area contributed by atoms with Crippen molar-refractivity contribution in [3.63, 3.8) is 0 Å². The van der Waals surface area contributed by atoms with E-state index in [0.717, 1.165) is 11.1 Å². The molecule has 1 rings (SSSR count). The van der Waals surface area contributed by atoms with Crippen molar-refractivity contribution in [1.82, 2.24) is 0 Å². The van der Waals surface area contributed by atoms with E-state index in [1.807, 2.05) is 6.92 Å². The highest BCUT2D eigenvalue weighted by molar-refractivity contribution is 5.66. The molecule has 0 saturated carbocycles. The van der Waals surface area contributed by atoms with Gasteiger partial charge in [0.25, 0.3) is 5.69 Å². The molecule has 0 heterocycles. The average molecular weight is 191 g/mol. The summed E-state index contributed by atoms with van der Waals surface area (Å²) in [6.07, 6.45) is 1.67. The predicted molar refractivity (Wildman–Crippen MR) is 51.8 cm³/mol. The second-order valence-corrected chi connectivity index (χ2v) is 2.95. The maximum Gasteiger partial charge on any atom is 0.293 e. The van der Waals surface area contributed by atoms with Crippen molar-refractivity contribution in [2.75, 3.05) is 5.32 Å². The van der Waals surface area contributed by atoms with Gasteiger partial charge in [-0.15, -0.1) is 0 Å². The van der Waals surface area contributed by atoms with E-state index >= 15 is 0 Å². The summed E-state index contributed by atoms with van der Waals surface area (Å²) in [5, 5.41) is 21.3. The van der Waals surface area contributed by atoms with Crippen LogP contribution in [0.4, 0.5) is 11.4 Å². The van der Waals surface area contributed by atoms with E-state index < -0.39 is 4.92 Å². The Morgan fingerprint density at radius 2 is 2.00 bits per heavy atom. The SMILES string of the molecule is Cc1cc(NC#N)c([N+](=O)[O-])cc1C. The van der Waals surface area contributed by atoms with Crippen LogP contribution in [0.2, 0.25) is 0 Å². The lowest BCUT2D eigenvalue weighted by Crippen LogP contribution is -1.98. The summed E-state index contributed by atoms with van der Waals surface area (Å²) in [6.45, 7) is 3.63. The van der Waals surface area contributed by atoms with E-state index in [9.17, 15) is 10.1 Å². The predicted octanol–water partition coefficient (Wildman–Crippen LogP) is 2.10. The molecule has 0 bridgehead atoms. The molecule has 0 aliphatic heterocycles. The van der Waals surface area contributed by atoms with Crippen LogP contribution in [0, 0.1) is 35.4 Å². The van der Waals surface area contributed by atoms with Gasteiger partial charge in [-0.3, -0.25) is 15.4 Å². The van der Waals surface area contributed by atoms with Gasteiger partial charge in [0.1, 0.15) is 5.69 Å². The number of nitriles is 1. The maximum absolute atomic E-state index is 10.6. The van der Waals surface area contributed by atoms with Crippen LogP contribution in [0.25, 0.3) is 0 Å². The lowest BCUT2D eigenvalue weighted by molar-refractivity contribution is -0.384. The Hall–Kier alpha value is -2.09. The molecule has 72 valence electrons. The van der Waals surface area contributed by atoms with Crippen molar-refractivity contribution in [2.45, 2.75) is 13.8 Å². The standard InChI is InChI=1S/C9H9N3O2/c1-6-3-8(11-5-10)9(12(13)14)4-7(6)2/h3-4,11H,1-2H3. The first-order valence-corrected chi connectivity index (χ1v) is 3.97. The summed E-state index contributed by atoms with van der Waals surface area (Å²) in [4.78, 5) is 10.1. The summed E-state index contributed by atoms with van der Waals surface area (Å²) < 4.78 is 0. The van der Waals surface area contributed by atoms with Crippen LogP contribution in [-0.2, 0) is 0 Å². The number of aryl methyl sites for hydroxylation is 2. The van der Waals surface area contributed by atoms with Crippen LogP contribution in [0.15, 0.2) is 12.1 Å². The van der Waals surface area contributed by atoms with E-state index in [0.29, 0.717) is 0 Å². The van der Waals surface area contributed by atoms with Gasteiger partial charge in [0.2, 0.25) is 0 Å². The molecule has 5 heteroatoms. The van der Waals surface area contributed by atoms with Gasteiger partial charge in [-0.25, -0.2) is 0 Å². The molecule has 0 aromatic heterocycles. The van der Waals surface area contributed by atoms with Gasteiger partial charge in [0, 0.05) is 6.07 Å². The second kappa shape index (κ2) is 3.75. The van der Waals surface area contributed by atoms with Crippen molar-refractivity contribution >= 4 is 11.4 Å². The first-order chi connectivity index (χ1) is 6.56. The first kappa shape index (κ1) is 9.99. The highest BCUT2D eigenvalue weighted by Crippen LogP contribution is 2.27. The molecule has 14 heavy (non-hydrogen) atoms.